The third-order valence-corrected chi connectivity index (χ3v) is 6.44. The van der Waals surface area contributed by atoms with Crippen molar-refractivity contribution in [1.82, 2.24) is 14.4 Å². The number of hydrogen-bond donors (Lipinski definition) is 0. The molecule has 0 N–H and O–H groups in total. The second-order valence-electron chi connectivity index (χ2n) is 7.45. The lowest BCUT2D eigenvalue weighted by Crippen LogP contribution is -2.50. The van der Waals surface area contributed by atoms with Crippen LogP contribution in [0, 0.1) is 6.92 Å². The van der Waals surface area contributed by atoms with E-state index in [4.69, 9.17) is 9.47 Å². The zero-order chi connectivity index (χ0) is 22.5. The van der Waals surface area contributed by atoms with Gasteiger partial charge in [0.25, 0.3) is 5.91 Å². The van der Waals surface area contributed by atoms with Gasteiger partial charge in [-0.1, -0.05) is 6.92 Å². The van der Waals surface area contributed by atoms with Gasteiger partial charge < -0.3 is 23.8 Å². The SMILES string of the molecule is CCN1CCN(C(=O)C(C)n2cc(C)sc2=NC(=O)c2ccc(OC)c(OC)c2)CC1. The molecule has 1 aromatic carbocycles. The molecule has 0 spiro atoms. The fourth-order valence-electron chi connectivity index (χ4n) is 3.62. The van der Waals surface area contributed by atoms with E-state index in [0.717, 1.165) is 37.6 Å². The first kappa shape index (κ1) is 23.0. The number of ether oxygens (including phenoxy) is 2. The lowest BCUT2D eigenvalue weighted by molar-refractivity contribution is -0.136. The molecule has 2 heterocycles. The van der Waals surface area contributed by atoms with Gasteiger partial charge in [0.1, 0.15) is 6.04 Å². The first-order chi connectivity index (χ1) is 14.9. The summed E-state index contributed by atoms with van der Waals surface area (Å²) in [5, 5.41) is 0. The molecule has 1 atom stereocenters. The summed E-state index contributed by atoms with van der Waals surface area (Å²) >= 11 is 1.39. The molecule has 1 fully saturated rings. The maximum absolute atomic E-state index is 13.1. The summed E-state index contributed by atoms with van der Waals surface area (Å²) < 4.78 is 12.3. The number of nitrogens with zero attached hydrogens (tertiary/aromatic N) is 4. The number of benzene rings is 1. The highest BCUT2D eigenvalue weighted by Crippen LogP contribution is 2.27. The molecule has 3 rings (SSSR count). The van der Waals surface area contributed by atoms with E-state index in [9.17, 15) is 9.59 Å². The number of piperazine rings is 1. The summed E-state index contributed by atoms with van der Waals surface area (Å²) in [5.41, 5.74) is 0.393. The topological polar surface area (TPSA) is 76.4 Å². The average Bonchev–Trinajstić information content (AvgIpc) is 3.17. The van der Waals surface area contributed by atoms with Crippen molar-refractivity contribution in [3.05, 3.63) is 39.6 Å². The van der Waals surface area contributed by atoms with Gasteiger partial charge in [-0.15, -0.1) is 11.3 Å². The van der Waals surface area contributed by atoms with Gasteiger partial charge >= 0.3 is 0 Å². The summed E-state index contributed by atoms with van der Waals surface area (Å²) in [5.74, 6) is 0.665. The Morgan fingerprint density at radius 2 is 1.81 bits per heavy atom. The summed E-state index contributed by atoms with van der Waals surface area (Å²) in [6, 6.07) is 4.50. The summed E-state index contributed by atoms with van der Waals surface area (Å²) in [6.45, 7) is 10.1. The summed E-state index contributed by atoms with van der Waals surface area (Å²) in [7, 11) is 3.06. The molecular weight excluding hydrogens is 416 g/mol. The first-order valence-corrected chi connectivity index (χ1v) is 11.2. The zero-order valence-corrected chi connectivity index (χ0v) is 19.6. The summed E-state index contributed by atoms with van der Waals surface area (Å²) in [4.78, 5) is 36.0. The van der Waals surface area contributed by atoms with Crippen LogP contribution in [0.4, 0.5) is 0 Å². The molecular formula is C22H30N4O4S. The molecule has 1 unspecified atom stereocenters. The Morgan fingerprint density at radius 3 is 2.42 bits per heavy atom. The largest absolute Gasteiger partial charge is 0.493 e. The van der Waals surface area contributed by atoms with Crippen molar-refractivity contribution in [2.24, 2.45) is 4.99 Å². The van der Waals surface area contributed by atoms with Gasteiger partial charge in [-0.05, 0) is 38.6 Å². The van der Waals surface area contributed by atoms with Crippen LogP contribution in [-0.4, -0.2) is 73.1 Å². The standard InChI is InChI=1S/C22H30N4O4S/c1-6-24-9-11-25(12-10-24)21(28)16(3)26-14-15(2)31-22(26)23-20(27)17-7-8-18(29-4)19(13-17)30-5/h7-8,13-14,16H,6,9-12H2,1-5H3. The van der Waals surface area contributed by atoms with Gasteiger partial charge in [0, 0.05) is 42.8 Å². The molecule has 0 bridgehead atoms. The molecule has 1 saturated heterocycles. The van der Waals surface area contributed by atoms with Crippen LogP contribution in [0.3, 0.4) is 0 Å². The molecule has 2 aromatic rings. The second kappa shape index (κ2) is 10.1. The highest BCUT2D eigenvalue weighted by Gasteiger charge is 2.26. The molecule has 168 valence electrons. The van der Waals surface area contributed by atoms with Crippen molar-refractivity contribution < 1.29 is 19.1 Å². The van der Waals surface area contributed by atoms with Crippen LogP contribution in [0.5, 0.6) is 11.5 Å². The highest BCUT2D eigenvalue weighted by atomic mass is 32.1. The Kier molecular flexibility index (Phi) is 7.50. The minimum Gasteiger partial charge on any atom is -0.493 e. The number of methoxy groups -OCH3 is 2. The fraction of sp³-hybridized carbons (Fsp3) is 0.500. The molecule has 1 aliphatic heterocycles. The monoisotopic (exact) mass is 446 g/mol. The Hall–Kier alpha value is -2.65. The number of likely N-dealkylation sites (N-methyl/N-ethyl adjacent to an activating group) is 1. The number of carbonyl (C=O) groups is 2. The minimum atomic E-state index is -0.435. The Labute approximate surface area is 186 Å². The van der Waals surface area contributed by atoms with Gasteiger partial charge in [-0.3, -0.25) is 9.59 Å². The van der Waals surface area contributed by atoms with E-state index in [0.29, 0.717) is 21.9 Å². The molecule has 9 heteroatoms. The van der Waals surface area contributed by atoms with Gasteiger partial charge in [-0.25, -0.2) is 0 Å². The number of aryl methyl sites for hydroxylation is 1. The predicted molar refractivity (Wildman–Crippen MR) is 120 cm³/mol. The molecule has 1 aliphatic rings. The quantitative estimate of drug-likeness (QED) is 0.681. The number of aromatic nitrogens is 1. The Bertz CT molecular complexity index is 1010. The Balaban J connectivity index is 1.85. The van der Waals surface area contributed by atoms with Crippen LogP contribution in [0.2, 0.25) is 0 Å². The highest BCUT2D eigenvalue weighted by molar-refractivity contribution is 7.09. The predicted octanol–water partition coefficient (Wildman–Crippen LogP) is 2.34. The third-order valence-electron chi connectivity index (χ3n) is 5.53. The number of amides is 2. The molecule has 8 nitrogen and oxygen atoms in total. The number of carbonyl (C=O) groups excluding carboxylic acids is 2. The second-order valence-corrected chi connectivity index (χ2v) is 8.67. The fourth-order valence-corrected chi connectivity index (χ4v) is 4.52. The van der Waals surface area contributed by atoms with Crippen molar-refractivity contribution in [3.63, 3.8) is 0 Å². The lowest BCUT2D eigenvalue weighted by atomic mass is 10.2. The van der Waals surface area contributed by atoms with Crippen molar-refractivity contribution in [1.29, 1.82) is 0 Å². The molecule has 0 radical (unpaired) electrons. The van der Waals surface area contributed by atoms with Crippen molar-refractivity contribution in [3.8, 4) is 11.5 Å². The van der Waals surface area contributed by atoms with Crippen LogP contribution in [0.15, 0.2) is 29.4 Å². The van der Waals surface area contributed by atoms with E-state index in [1.807, 2.05) is 24.9 Å². The molecule has 2 amide bonds. The molecule has 0 saturated carbocycles. The smallest absolute Gasteiger partial charge is 0.279 e. The Morgan fingerprint density at radius 1 is 1.13 bits per heavy atom. The van der Waals surface area contributed by atoms with Gasteiger partial charge in [0.15, 0.2) is 16.3 Å². The van der Waals surface area contributed by atoms with Crippen LogP contribution >= 0.6 is 11.3 Å². The van der Waals surface area contributed by atoms with E-state index in [1.165, 1.54) is 18.4 Å². The molecule has 1 aromatic heterocycles. The minimum absolute atomic E-state index is 0.0496. The van der Waals surface area contributed by atoms with E-state index in [1.54, 1.807) is 29.9 Å². The van der Waals surface area contributed by atoms with E-state index < -0.39 is 11.9 Å². The maximum atomic E-state index is 13.1. The number of thiazole rings is 1. The summed E-state index contributed by atoms with van der Waals surface area (Å²) in [6.07, 6.45) is 1.89. The molecule has 31 heavy (non-hydrogen) atoms. The van der Waals surface area contributed by atoms with E-state index >= 15 is 0 Å². The van der Waals surface area contributed by atoms with Gasteiger partial charge in [0.2, 0.25) is 5.91 Å². The van der Waals surface area contributed by atoms with Crippen molar-refractivity contribution in [2.75, 3.05) is 46.9 Å². The lowest BCUT2D eigenvalue weighted by Gasteiger charge is -2.35. The van der Waals surface area contributed by atoms with E-state index in [-0.39, 0.29) is 5.91 Å². The normalized spacial score (nSPS) is 16.3. The zero-order valence-electron chi connectivity index (χ0n) is 18.8. The van der Waals surface area contributed by atoms with Crippen molar-refractivity contribution in [2.45, 2.75) is 26.8 Å². The first-order valence-electron chi connectivity index (χ1n) is 10.4. The van der Waals surface area contributed by atoms with Crippen molar-refractivity contribution >= 4 is 23.2 Å². The average molecular weight is 447 g/mol. The van der Waals surface area contributed by atoms with Crippen LogP contribution in [0.25, 0.3) is 0 Å². The van der Waals surface area contributed by atoms with Crippen LogP contribution in [-0.2, 0) is 4.79 Å². The van der Waals surface area contributed by atoms with Crippen LogP contribution < -0.4 is 14.3 Å². The van der Waals surface area contributed by atoms with Gasteiger partial charge in [0.05, 0.1) is 14.2 Å². The van der Waals surface area contributed by atoms with Gasteiger partial charge in [-0.2, -0.15) is 4.99 Å². The number of hydrogen-bond acceptors (Lipinski definition) is 6. The third kappa shape index (κ3) is 5.16. The van der Waals surface area contributed by atoms with Crippen LogP contribution in [0.1, 0.15) is 35.1 Å². The number of rotatable bonds is 6. The van der Waals surface area contributed by atoms with E-state index in [2.05, 4.69) is 16.8 Å². The molecule has 0 aliphatic carbocycles. The maximum Gasteiger partial charge on any atom is 0.279 e.